The molecule has 0 bridgehead atoms. The Bertz CT molecular complexity index is 1420. The molecule has 36 heavy (non-hydrogen) atoms. The van der Waals surface area contributed by atoms with Gasteiger partial charge in [-0.2, -0.15) is 0 Å². The molecule has 2 aromatic carbocycles. The number of aromatic nitrogens is 2. The Labute approximate surface area is 214 Å². The Kier molecular flexibility index (Phi) is 8.00. The van der Waals surface area contributed by atoms with Crippen LogP contribution < -0.4 is 0 Å². The van der Waals surface area contributed by atoms with E-state index in [1.807, 2.05) is 54.8 Å². The summed E-state index contributed by atoms with van der Waals surface area (Å²) >= 11 is 1.55. The van der Waals surface area contributed by atoms with Gasteiger partial charge in [0.05, 0.1) is 24.6 Å². The van der Waals surface area contributed by atoms with E-state index in [0.29, 0.717) is 29.7 Å². The summed E-state index contributed by atoms with van der Waals surface area (Å²) in [6.07, 6.45) is 4.98. The minimum absolute atomic E-state index is 0.366. The fourth-order valence-corrected chi connectivity index (χ4v) is 5.21. The average molecular weight is 503 g/mol. The first-order valence-electron chi connectivity index (χ1n) is 12.0. The number of benzene rings is 2. The summed E-state index contributed by atoms with van der Waals surface area (Å²) in [6, 6.07) is 15.4. The van der Waals surface area contributed by atoms with Crippen LogP contribution in [0.15, 0.2) is 65.7 Å². The van der Waals surface area contributed by atoms with Crippen LogP contribution in [0.2, 0.25) is 0 Å². The number of carboxylic acids is 1. The number of imidazole rings is 1. The third kappa shape index (κ3) is 5.26. The van der Waals surface area contributed by atoms with Gasteiger partial charge in [-0.05, 0) is 52.8 Å². The number of esters is 1. The van der Waals surface area contributed by atoms with Gasteiger partial charge in [-0.15, -0.1) is 11.3 Å². The van der Waals surface area contributed by atoms with E-state index in [4.69, 9.17) is 9.72 Å². The molecule has 0 spiro atoms. The maximum atomic E-state index is 12.3. The molecule has 0 radical (unpaired) electrons. The number of methoxy groups -OCH3 is 1. The minimum atomic E-state index is -0.920. The Hall–Kier alpha value is -3.71. The first-order valence-corrected chi connectivity index (χ1v) is 12.9. The van der Waals surface area contributed by atoms with Gasteiger partial charge in [0.15, 0.2) is 0 Å². The number of unbranched alkanes of at least 4 members (excludes halogenated alkanes) is 1. The standard InChI is InChI=1S/C29H30N2O4S/c1-4-5-12-27-30-17-26(19(2)25(28(32)33)16-21-9-8-15-36-21)31(27)18-20-13-14-24(29(34)35-3)23-11-7-6-10-22(20)23/h6-11,13-15,17H,4-5,12,16,18H2,1-3H3,(H,32,33)/b25-19+. The lowest BCUT2D eigenvalue weighted by molar-refractivity contribution is -0.132. The van der Waals surface area contributed by atoms with Crippen LogP contribution in [-0.4, -0.2) is 33.7 Å². The molecule has 0 saturated heterocycles. The molecule has 0 fully saturated rings. The first-order chi connectivity index (χ1) is 17.4. The van der Waals surface area contributed by atoms with Crippen LogP contribution in [0.25, 0.3) is 16.3 Å². The second-order valence-electron chi connectivity index (χ2n) is 8.72. The normalized spacial score (nSPS) is 12.0. The number of aliphatic carboxylic acids is 1. The summed E-state index contributed by atoms with van der Waals surface area (Å²) in [4.78, 5) is 30.3. The summed E-state index contributed by atoms with van der Waals surface area (Å²) < 4.78 is 7.11. The van der Waals surface area contributed by atoms with E-state index in [-0.39, 0.29) is 5.97 Å². The molecule has 6 nitrogen and oxygen atoms in total. The van der Waals surface area contributed by atoms with Crippen molar-refractivity contribution in [2.24, 2.45) is 0 Å². The quantitative estimate of drug-likeness (QED) is 0.201. The van der Waals surface area contributed by atoms with Gasteiger partial charge in [0.1, 0.15) is 5.82 Å². The van der Waals surface area contributed by atoms with Crippen LogP contribution in [0.4, 0.5) is 0 Å². The van der Waals surface area contributed by atoms with E-state index in [1.165, 1.54) is 7.11 Å². The van der Waals surface area contributed by atoms with Crippen LogP contribution in [0.1, 0.15) is 59.0 Å². The molecule has 186 valence electrons. The van der Waals surface area contributed by atoms with Crippen molar-refractivity contribution in [1.29, 1.82) is 0 Å². The maximum absolute atomic E-state index is 12.3. The number of allylic oxidation sites excluding steroid dienone is 1. The molecule has 1 N–H and O–H groups in total. The average Bonchev–Trinajstić information content (AvgIpc) is 3.55. The molecule has 2 heterocycles. The van der Waals surface area contributed by atoms with Gasteiger partial charge in [-0.1, -0.05) is 49.7 Å². The van der Waals surface area contributed by atoms with Crippen molar-refractivity contribution >= 4 is 39.6 Å². The maximum Gasteiger partial charge on any atom is 0.338 e. The molecule has 4 rings (SSSR count). The van der Waals surface area contributed by atoms with Crippen molar-refractivity contribution in [3.8, 4) is 0 Å². The number of aryl methyl sites for hydroxylation is 1. The molecule has 0 aliphatic heterocycles. The molecule has 7 heteroatoms. The topological polar surface area (TPSA) is 81.4 Å². The van der Waals surface area contributed by atoms with Crippen molar-refractivity contribution < 1.29 is 19.4 Å². The molecule has 4 aromatic rings. The van der Waals surface area contributed by atoms with Gasteiger partial charge in [-0.25, -0.2) is 14.6 Å². The first kappa shape index (κ1) is 25.4. The Morgan fingerprint density at radius 3 is 2.53 bits per heavy atom. The van der Waals surface area contributed by atoms with Gasteiger partial charge < -0.3 is 14.4 Å². The van der Waals surface area contributed by atoms with Crippen molar-refractivity contribution in [2.75, 3.05) is 7.11 Å². The second-order valence-corrected chi connectivity index (χ2v) is 9.76. The fourth-order valence-electron chi connectivity index (χ4n) is 4.49. The summed E-state index contributed by atoms with van der Waals surface area (Å²) in [5.41, 5.74) is 3.43. The zero-order valence-corrected chi connectivity index (χ0v) is 21.6. The number of thiophene rings is 1. The molecule has 0 atom stereocenters. The van der Waals surface area contributed by atoms with Crippen LogP contribution in [-0.2, 0) is 28.9 Å². The number of nitrogens with zero attached hydrogens (tertiary/aromatic N) is 2. The Morgan fingerprint density at radius 2 is 1.86 bits per heavy atom. The highest BCUT2D eigenvalue weighted by atomic mass is 32.1. The number of ether oxygens (including phenoxy) is 1. The summed E-state index contributed by atoms with van der Waals surface area (Å²) in [5.74, 6) is -0.368. The largest absolute Gasteiger partial charge is 0.478 e. The van der Waals surface area contributed by atoms with Crippen LogP contribution in [0.3, 0.4) is 0 Å². The third-order valence-electron chi connectivity index (χ3n) is 6.47. The highest BCUT2D eigenvalue weighted by Crippen LogP contribution is 2.29. The van der Waals surface area contributed by atoms with Crippen LogP contribution >= 0.6 is 11.3 Å². The summed E-state index contributed by atoms with van der Waals surface area (Å²) in [6.45, 7) is 4.52. The van der Waals surface area contributed by atoms with Crippen molar-refractivity contribution in [3.05, 3.63) is 93.2 Å². The Balaban J connectivity index is 1.83. The predicted octanol–water partition coefficient (Wildman–Crippen LogP) is 6.38. The zero-order chi connectivity index (χ0) is 25.7. The van der Waals surface area contributed by atoms with Gasteiger partial charge in [0.25, 0.3) is 0 Å². The number of carbonyl (C=O) groups excluding carboxylic acids is 1. The fraction of sp³-hybridized carbons (Fsp3) is 0.276. The van der Waals surface area contributed by atoms with E-state index >= 15 is 0 Å². The highest BCUT2D eigenvalue weighted by Gasteiger charge is 2.20. The Morgan fingerprint density at radius 1 is 1.08 bits per heavy atom. The molecule has 2 aromatic heterocycles. The number of rotatable bonds is 10. The molecule has 0 unspecified atom stereocenters. The van der Waals surface area contributed by atoms with Crippen LogP contribution in [0, 0.1) is 0 Å². The van der Waals surface area contributed by atoms with E-state index in [0.717, 1.165) is 52.0 Å². The van der Waals surface area contributed by atoms with E-state index in [2.05, 4.69) is 11.5 Å². The number of hydrogen-bond acceptors (Lipinski definition) is 5. The number of carboxylic acid groups (broad SMARTS) is 1. The molecule has 0 saturated carbocycles. The molecule has 0 aliphatic rings. The predicted molar refractivity (Wildman–Crippen MR) is 143 cm³/mol. The van der Waals surface area contributed by atoms with Crippen LogP contribution in [0.5, 0.6) is 0 Å². The lowest BCUT2D eigenvalue weighted by atomic mass is 9.98. The van der Waals surface area contributed by atoms with E-state index < -0.39 is 5.97 Å². The summed E-state index contributed by atoms with van der Waals surface area (Å²) in [7, 11) is 1.38. The lowest BCUT2D eigenvalue weighted by Crippen LogP contribution is -2.12. The van der Waals surface area contributed by atoms with Crippen molar-refractivity contribution in [2.45, 2.75) is 46.1 Å². The van der Waals surface area contributed by atoms with E-state index in [9.17, 15) is 14.7 Å². The highest BCUT2D eigenvalue weighted by molar-refractivity contribution is 7.09. The SMILES string of the molecule is CCCCc1ncc(/C(C)=C(\Cc2cccs2)C(=O)O)n1Cc1ccc(C(=O)OC)c2ccccc12. The number of hydrogen-bond donors (Lipinski definition) is 1. The number of fused-ring (bicyclic) bond motifs is 1. The molecular weight excluding hydrogens is 472 g/mol. The van der Waals surface area contributed by atoms with Crippen molar-refractivity contribution in [1.82, 2.24) is 9.55 Å². The van der Waals surface area contributed by atoms with Crippen molar-refractivity contribution in [3.63, 3.8) is 0 Å². The second kappa shape index (κ2) is 11.4. The summed E-state index contributed by atoms with van der Waals surface area (Å²) in [5, 5.41) is 13.8. The monoisotopic (exact) mass is 502 g/mol. The minimum Gasteiger partial charge on any atom is -0.478 e. The zero-order valence-electron chi connectivity index (χ0n) is 20.8. The molecule has 0 aliphatic carbocycles. The third-order valence-corrected chi connectivity index (χ3v) is 7.34. The lowest BCUT2D eigenvalue weighted by Gasteiger charge is -2.17. The van der Waals surface area contributed by atoms with Gasteiger partial charge in [-0.3, -0.25) is 0 Å². The van der Waals surface area contributed by atoms with Gasteiger partial charge in [0.2, 0.25) is 0 Å². The number of carbonyl (C=O) groups is 2. The molecule has 0 amide bonds. The van der Waals surface area contributed by atoms with Gasteiger partial charge >= 0.3 is 11.9 Å². The molecular formula is C29H30N2O4S. The van der Waals surface area contributed by atoms with E-state index in [1.54, 1.807) is 23.6 Å². The smallest absolute Gasteiger partial charge is 0.338 e. The van der Waals surface area contributed by atoms with Gasteiger partial charge in [0, 0.05) is 29.8 Å².